The van der Waals surface area contributed by atoms with Crippen molar-refractivity contribution in [3.8, 4) is 0 Å². The van der Waals surface area contributed by atoms with Crippen LogP contribution >= 0.6 is 0 Å². The van der Waals surface area contributed by atoms with Gasteiger partial charge in [-0.05, 0) is 19.1 Å². The van der Waals surface area contributed by atoms with Crippen molar-refractivity contribution >= 4 is 16.2 Å². The summed E-state index contributed by atoms with van der Waals surface area (Å²) < 4.78 is 32.7. The molecular weight excluding hydrogens is 362 g/mol. The largest absolute Gasteiger partial charge is 0.430 e. The Morgan fingerprint density at radius 1 is 1.31 bits per heavy atom. The van der Waals surface area contributed by atoms with Gasteiger partial charge in [-0.15, -0.1) is 0 Å². The maximum absolute atomic E-state index is 12.7. The molecule has 1 aromatic heterocycles. The second-order valence-corrected chi connectivity index (χ2v) is 7.37. The lowest BCUT2D eigenvalue weighted by atomic mass is 10.3. The normalized spacial score (nSPS) is 22.1. The van der Waals surface area contributed by atoms with Gasteiger partial charge in [-0.1, -0.05) is 23.7 Å². The monoisotopic (exact) mass is 379 g/mol. The first kappa shape index (κ1) is 17.0. The van der Waals surface area contributed by atoms with Crippen LogP contribution in [0.1, 0.15) is 24.1 Å². The predicted octanol–water partition coefficient (Wildman–Crippen LogP) is 0.266. The van der Waals surface area contributed by atoms with E-state index in [1.807, 2.05) is 6.92 Å². The maximum atomic E-state index is 12.7. The van der Waals surface area contributed by atoms with Gasteiger partial charge in [-0.2, -0.15) is 8.42 Å². The fraction of sp³-hybridized carbons (Fsp3) is 0.333. The van der Waals surface area contributed by atoms with E-state index in [1.54, 1.807) is 22.8 Å². The van der Waals surface area contributed by atoms with Crippen LogP contribution in [0.25, 0.3) is 0 Å². The van der Waals surface area contributed by atoms with Crippen LogP contribution in [-0.2, 0) is 44.6 Å². The number of fused-ring (bicyclic) bond motifs is 1. The molecule has 0 spiro atoms. The summed E-state index contributed by atoms with van der Waals surface area (Å²) in [6, 6.07) is 7.64. The SMILES string of the molecule is CCn1c(C2(OS(=O)(=O)c3ccccc3)NOC(=O)N2)nc2c1CNC2. The Morgan fingerprint density at radius 3 is 2.73 bits per heavy atom. The molecule has 0 radical (unpaired) electrons. The average molecular weight is 379 g/mol. The summed E-state index contributed by atoms with van der Waals surface area (Å²) in [5, 5.41) is 5.57. The van der Waals surface area contributed by atoms with Crippen LogP contribution in [0, 0.1) is 0 Å². The van der Waals surface area contributed by atoms with Gasteiger partial charge < -0.3 is 14.7 Å². The van der Waals surface area contributed by atoms with Crippen LogP contribution in [-0.4, -0.2) is 24.1 Å². The number of amides is 1. The highest BCUT2D eigenvalue weighted by molar-refractivity contribution is 7.86. The van der Waals surface area contributed by atoms with Crippen molar-refractivity contribution in [1.29, 1.82) is 0 Å². The average Bonchev–Trinajstić information content (AvgIpc) is 3.30. The number of hydrogen-bond donors (Lipinski definition) is 3. The summed E-state index contributed by atoms with van der Waals surface area (Å²) in [5.74, 6) is -1.75. The van der Waals surface area contributed by atoms with Gasteiger partial charge in [-0.3, -0.25) is 5.32 Å². The highest BCUT2D eigenvalue weighted by Gasteiger charge is 2.51. The van der Waals surface area contributed by atoms with Crippen LogP contribution in [0.15, 0.2) is 35.2 Å². The van der Waals surface area contributed by atoms with Crippen LogP contribution in [0.5, 0.6) is 0 Å². The Morgan fingerprint density at radius 2 is 2.08 bits per heavy atom. The van der Waals surface area contributed by atoms with E-state index >= 15 is 0 Å². The minimum Gasteiger partial charge on any atom is -0.349 e. The second-order valence-electron chi connectivity index (χ2n) is 5.82. The van der Waals surface area contributed by atoms with E-state index in [0.717, 1.165) is 11.4 Å². The van der Waals surface area contributed by atoms with Gasteiger partial charge in [0.1, 0.15) is 0 Å². The van der Waals surface area contributed by atoms with Gasteiger partial charge in [0.2, 0.25) is 0 Å². The molecule has 26 heavy (non-hydrogen) atoms. The zero-order valence-electron chi connectivity index (χ0n) is 13.9. The van der Waals surface area contributed by atoms with Gasteiger partial charge in [0.15, 0.2) is 5.82 Å². The van der Waals surface area contributed by atoms with Crippen LogP contribution in [0.2, 0.25) is 0 Å². The smallest absolute Gasteiger partial charge is 0.349 e. The molecule has 1 unspecified atom stereocenters. The third-order valence-corrected chi connectivity index (χ3v) is 5.52. The number of carbonyl (C=O) groups excluding carboxylic acids is 1. The fourth-order valence-electron chi connectivity index (χ4n) is 3.07. The van der Waals surface area contributed by atoms with Crippen LogP contribution in [0.3, 0.4) is 0 Å². The van der Waals surface area contributed by atoms with E-state index in [1.165, 1.54) is 12.1 Å². The number of hydrogen-bond acceptors (Lipinski definition) is 8. The van der Waals surface area contributed by atoms with Crippen molar-refractivity contribution in [2.45, 2.75) is 37.3 Å². The molecule has 1 aromatic carbocycles. The van der Waals surface area contributed by atoms with Gasteiger partial charge in [-0.25, -0.2) is 14.0 Å². The lowest BCUT2D eigenvalue weighted by Gasteiger charge is -2.26. The van der Waals surface area contributed by atoms with Crippen molar-refractivity contribution in [3.05, 3.63) is 47.5 Å². The van der Waals surface area contributed by atoms with Gasteiger partial charge in [0, 0.05) is 19.6 Å². The molecule has 0 bridgehead atoms. The lowest BCUT2D eigenvalue weighted by molar-refractivity contribution is -0.0449. The third kappa shape index (κ3) is 2.65. The van der Waals surface area contributed by atoms with E-state index in [4.69, 9.17) is 9.02 Å². The van der Waals surface area contributed by atoms with Gasteiger partial charge >= 0.3 is 22.1 Å². The van der Waals surface area contributed by atoms with E-state index in [0.29, 0.717) is 19.6 Å². The minimum atomic E-state index is -4.22. The first-order valence-electron chi connectivity index (χ1n) is 8.01. The molecule has 11 heteroatoms. The standard InChI is InChI=1S/C15H17N5O5S/c1-2-20-12-9-16-8-11(12)17-13(20)15(18-14(21)24-19-15)25-26(22,23)10-6-4-3-5-7-10/h3-7,16,19H,2,8-9H2,1H3,(H,18,21). The highest BCUT2D eigenvalue weighted by atomic mass is 32.2. The number of benzene rings is 1. The summed E-state index contributed by atoms with van der Waals surface area (Å²) in [6.07, 6.45) is -0.864. The number of aromatic nitrogens is 2. The molecule has 4 rings (SSSR count). The molecule has 0 saturated carbocycles. The van der Waals surface area contributed by atoms with Crippen molar-refractivity contribution in [2.75, 3.05) is 0 Å². The molecule has 1 atom stereocenters. The summed E-state index contributed by atoms with van der Waals surface area (Å²) in [5.41, 5.74) is 4.04. The van der Waals surface area contributed by atoms with Gasteiger partial charge in [0.05, 0.1) is 16.3 Å². The predicted molar refractivity (Wildman–Crippen MR) is 87.6 cm³/mol. The summed E-state index contributed by atoms with van der Waals surface area (Å²) in [6.45, 7) is 3.53. The minimum absolute atomic E-state index is 0.0499. The number of hydroxylamine groups is 1. The van der Waals surface area contributed by atoms with Crippen molar-refractivity contribution in [1.82, 2.24) is 25.7 Å². The molecule has 0 aliphatic carbocycles. The number of carbonyl (C=O) groups is 1. The van der Waals surface area contributed by atoms with Gasteiger partial charge in [0.25, 0.3) is 0 Å². The fourth-order valence-corrected chi connectivity index (χ4v) is 4.14. The van der Waals surface area contributed by atoms with E-state index in [-0.39, 0.29) is 10.7 Å². The summed E-state index contributed by atoms with van der Waals surface area (Å²) in [7, 11) is -4.22. The molecule has 3 N–H and O–H groups in total. The molecule has 1 amide bonds. The summed E-state index contributed by atoms with van der Waals surface area (Å²) in [4.78, 5) is 20.9. The zero-order chi connectivity index (χ0) is 18.4. The number of nitrogens with one attached hydrogen (secondary N) is 3. The molecule has 1 saturated heterocycles. The second kappa shape index (κ2) is 6.06. The van der Waals surface area contributed by atoms with E-state index < -0.39 is 22.1 Å². The Hall–Kier alpha value is -2.47. The van der Waals surface area contributed by atoms with Crippen molar-refractivity contribution < 1.29 is 22.2 Å². The molecule has 2 aliphatic heterocycles. The Labute approximate surface area is 149 Å². The maximum Gasteiger partial charge on any atom is 0.430 e. The molecule has 3 heterocycles. The topological polar surface area (TPSA) is 124 Å². The number of rotatable bonds is 5. The molecule has 10 nitrogen and oxygen atoms in total. The number of imidazole rings is 1. The molecule has 2 aliphatic rings. The van der Waals surface area contributed by atoms with Crippen LogP contribution in [0.4, 0.5) is 4.79 Å². The van der Waals surface area contributed by atoms with E-state index in [2.05, 4.69) is 21.1 Å². The van der Waals surface area contributed by atoms with Crippen molar-refractivity contribution in [3.63, 3.8) is 0 Å². The Bertz CT molecular complexity index is 958. The quantitative estimate of drug-likeness (QED) is 0.633. The lowest BCUT2D eigenvalue weighted by Crippen LogP contribution is -2.52. The first-order chi connectivity index (χ1) is 12.5. The Balaban J connectivity index is 1.80. The van der Waals surface area contributed by atoms with Crippen molar-refractivity contribution in [2.24, 2.45) is 0 Å². The van der Waals surface area contributed by atoms with Crippen LogP contribution < -0.4 is 16.1 Å². The highest BCUT2D eigenvalue weighted by Crippen LogP contribution is 2.31. The third-order valence-electron chi connectivity index (χ3n) is 4.20. The molecular formula is C15H17N5O5S. The Kier molecular flexibility index (Phi) is 3.95. The molecule has 138 valence electrons. The molecule has 2 aromatic rings. The zero-order valence-corrected chi connectivity index (χ0v) is 14.7. The summed E-state index contributed by atoms with van der Waals surface area (Å²) >= 11 is 0. The molecule has 1 fully saturated rings. The number of nitrogens with zero attached hydrogens (tertiary/aromatic N) is 2. The first-order valence-corrected chi connectivity index (χ1v) is 9.42. The van der Waals surface area contributed by atoms with E-state index in [9.17, 15) is 13.2 Å².